The average molecular weight is 193 g/mol. The van der Waals surface area contributed by atoms with Gasteiger partial charge < -0.3 is 9.88 Å². The van der Waals surface area contributed by atoms with Crippen molar-refractivity contribution < 1.29 is 0 Å². The Hall–Kier alpha value is -0.990. The first-order chi connectivity index (χ1) is 6.79. The molecule has 1 aliphatic carbocycles. The van der Waals surface area contributed by atoms with Crippen LogP contribution in [-0.4, -0.2) is 15.6 Å². The van der Waals surface area contributed by atoms with Gasteiger partial charge in [-0.1, -0.05) is 6.92 Å². The number of hydrogen-bond acceptors (Lipinski definition) is 2. The van der Waals surface area contributed by atoms with Gasteiger partial charge in [0.1, 0.15) is 0 Å². The summed E-state index contributed by atoms with van der Waals surface area (Å²) in [5, 5.41) is 3.52. The molecule has 1 aromatic heterocycles. The van der Waals surface area contributed by atoms with Crippen molar-refractivity contribution in [3.63, 3.8) is 0 Å². The molecule has 78 valence electrons. The van der Waals surface area contributed by atoms with Gasteiger partial charge in [-0.3, -0.25) is 0 Å². The summed E-state index contributed by atoms with van der Waals surface area (Å²) in [6.07, 6.45) is 7.82. The number of anilines is 1. The highest BCUT2D eigenvalue weighted by atomic mass is 15.2. The number of rotatable bonds is 3. The SMILES string of the molecule is CCn1ccnc1NC1CCC(C)C1. The second-order valence-electron chi connectivity index (χ2n) is 4.30. The van der Waals surface area contributed by atoms with E-state index in [1.807, 2.05) is 12.4 Å². The molecule has 0 aliphatic heterocycles. The van der Waals surface area contributed by atoms with E-state index < -0.39 is 0 Å². The maximum absolute atomic E-state index is 4.33. The summed E-state index contributed by atoms with van der Waals surface area (Å²) in [7, 11) is 0. The lowest BCUT2D eigenvalue weighted by Gasteiger charge is -2.13. The molecule has 1 heterocycles. The zero-order chi connectivity index (χ0) is 9.97. The van der Waals surface area contributed by atoms with Gasteiger partial charge in [-0.25, -0.2) is 4.98 Å². The largest absolute Gasteiger partial charge is 0.353 e. The second kappa shape index (κ2) is 4.03. The van der Waals surface area contributed by atoms with Gasteiger partial charge in [0.2, 0.25) is 5.95 Å². The number of aromatic nitrogens is 2. The fourth-order valence-electron chi connectivity index (χ4n) is 2.23. The molecule has 0 aromatic carbocycles. The Bertz CT molecular complexity index is 292. The zero-order valence-electron chi connectivity index (χ0n) is 9.03. The standard InChI is InChI=1S/C11H19N3/c1-3-14-7-6-12-11(14)13-10-5-4-9(2)8-10/h6-7,9-10H,3-5,8H2,1-2H3,(H,12,13). The van der Waals surface area contributed by atoms with E-state index in [4.69, 9.17) is 0 Å². The summed E-state index contributed by atoms with van der Waals surface area (Å²) >= 11 is 0. The minimum atomic E-state index is 0.637. The molecule has 2 unspecified atom stereocenters. The molecule has 1 aromatic rings. The average Bonchev–Trinajstić information content (AvgIpc) is 2.76. The molecule has 1 fully saturated rings. The highest BCUT2D eigenvalue weighted by molar-refractivity contribution is 5.27. The summed E-state index contributed by atoms with van der Waals surface area (Å²) in [6, 6.07) is 0.637. The van der Waals surface area contributed by atoms with Crippen molar-refractivity contribution in [3.05, 3.63) is 12.4 Å². The molecule has 0 spiro atoms. The molecule has 2 atom stereocenters. The molecule has 1 saturated carbocycles. The molecule has 3 heteroatoms. The maximum atomic E-state index is 4.33. The Morgan fingerprint density at radius 2 is 2.43 bits per heavy atom. The quantitative estimate of drug-likeness (QED) is 0.799. The lowest BCUT2D eigenvalue weighted by atomic mass is 10.1. The topological polar surface area (TPSA) is 29.9 Å². The van der Waals surface area contributed by atoms with Crippen molar-refractivity contribution in [1.82, 2.24) is 9.55 Å². The Kier molecular flexibility index (Phi) is 2.75. The third-order valence-corrected chi connectivity index (χ3v) is 3.08. The van der Waals surface area contributed by atoms with E-state index in [2.05, 4.69) is 28.7 Å². The summed E-state index contributed by atoms with van der Waals surface area (Å²) in [5.41, 5.74) is 0. The molecule has 1 aliphatic rings. The Balaban J connectivity index is 1.97. The van der Waals surface area contributed by atoms with Gasteiger partial charge in [0.15, 0.2) is 0 Å². The Labute approximate surface area is 85.5 Å². The second-order valence-corrected chi connectivity index (χ2v) is 4.30. The normalized spacial score (nSPS) is 26.7. The summed E-state index contributed by atoms with van der Waals surface area (Å²) in [6.45, 7) is 5.46. The van der Waals surface area contributed by atoms with Crippen molar-refractivity contribution in [1.29, 1.82) is 0 Å². The molecular formula is C11H19N3. The van der Waals surface area contributed by atoms with Gasteiger partial charge >= 0.3 is 0 Å². The van der Waals surface area contributed by atoms with Crippen LogP contribution in [0.5, 0.6) is 0 Å². The van der Waals surface area contributed by atoms with E-state index in [9.17, 15) is 0 Å². The molecule has 1 N–H and O–H groups in total. The van der Waals surface area contributed by atoms with Crippen molar-refractivity contribution in [2.45, 2.75) is 45.7 Å². The van der Waals surface area contributed by atoms with Crippen LogP contribution in [0.1, 0.15) is 33.1 Å². The summed E-state index contributed by atoms with van der Waals surface area (Å²) < 4.78 is 2.16. The highest BCUT2D eigenvalue weighted by Crippen LogP contribution is 2.26. The Morgan fingerprint density at radius 1 is 1.57 bits per heavy atom. The zero-order valence-corrected chi connectivity index (χ0v) is 9.03. The van der Waals surface area contributed by atoms with Gasteiger partial charge in [0, 0.05) is 25.0 Å². The molecule has 0 radical (unpaired) electrons. The number of aryl methyl sites for hydroxylation is 1. The summed E-state index contributed by atoms with van der Waals surface area (Å²) in [4.78, 5) is 4.33. The molecule has 0 amide bonds. The van der Waals surface area contributed by atoms with E-state index in [1.54, 1.807) is 0 Å². The lowest BCUT2D eigenvalue weighted by Crippen LogP contribution is -2.18. The fraction of sp³-hybridized carbons (Fsp3) is 0.727. The van der Waals surface area contributed by atoms with Crippen LogP contribution in [-0.2, 0) is 6.54 Å². The molecule has 3 nitrogen and oxygen atoms in total. The number of imidazole rings is 1. The third kappa shape index (κ3) is 1.91. The van der Waals surface area contributed by atoms with Crippen LogP contribution in [0, 0.1) is 5.92 Å². The van der Waals surface area contributed by atoms with Crippen LogP contribution in [0.3, 0.4) is 0 Å². The van der Waals surface area contributed by atoms with Gasteiger partial charge in [0.25, 0.3) is 0 Å². The van der Waals surface area contributed by atoms with Gasteiger partial charge in [-0.15, -0.1) is 0 Å². The molecule has 0 saturated heterocycles. The van der Waals surface area contributed by atoms with Crippen molar-refractivity contribution in [3.8, 4) is 0 Å². The Morgan fingerprint density at radius 3 is 3.07 bits per heavy atom. The van der Waals surface area contributed by atoms with Crippen LogP contribution < -0.4 is 5.32 Å². The number of nitrogens with zero attached hydrogens (tertiary/aromatic N) is 2. The summed E-state index contributed by atoms with van der Waals surface area (Å²) in [5.74, 6) is 1.91. The first kappa shape index (κ1) is 9.56. The van der Waals surface area contributed by atoms with Gasteiger partial charge in [-0.2, -0.15) is 0 Å². The first-order valence-corrected chi connectivity index (χ1v) is 5.57. The van der Waals surface area contributed by atoms with Gasteiger partial charge in [0.05, 0.1) is 0 Å². The van der Waals surface area contributed by atoms with Crippen molar-refractivity contribution in [2.75, 3.05) is 5.32 Å². The van der Waals surface area contributed by atoms with Crippen LogP contribution in [0.4, 0.5) is 5.95 Å². The minimum Gasteiger partial charge on any atom is -0.353 e. The smallest absolute Gasteiger partial charge is 0.202 e. The maximum Gasteiger partial charge on any atom is 0.202 e. The van der Waals surface area contributed by atoms with Crippen molar-refractivity contribution >= 4 is 5.95 Å². The molecule has 14 heavy (non-hydrogen) atoms. The fourth-order valence-corrected chi connectivity index (χ4v) is 2.23. The van der Waals surface area contributed by atoms with E-state index in [-0.39, 0.29) is 0 Å². The number of hydrogen-bond donors (Lipinski definition) is 1. The van der Waals surface area contributed by atoms with Crippen LogP contribution in [0.2, 0.25) is 0 Å². The van der Waals surface area contributed by atoms with Crippen LogP contribution >= 0.6 is 0 Å². The van der Waals surface area contributed by atoms with E-state index >= 15 is 0 Å². The monoisotopic (exact) mass is 193 g/mol. The minimum absolute atomic E-state index is 0.637. The van der Waals surface area contributed by atoms with Crippen LogP contribution in [0.15, 0.2) is 12.4 Å². The number of nitrogens with one attached hydrogen (secondary N) is 1. The predicted molar refractivity (Wildman–Crippen MR) is 58.3 cm³/mol. The molecular weight excluding hydrogens is 174 g/mol. The van der Waals surface area contributed by atoms with E-state index in [0.29, 0.717) is 6.04 Å². The lowest BCUT2D eigenvalue weighted by molar-refractivity contribution is 0.600. The highest BCUT2D eigenvalue weighted by Gasteiger charge is 2.21. The molecule has 0 bridgehead atoms. The van der Waals surface area contributed by atoms with E-state index in [0.717, 1.165) is 18.4 Å². The first-order valence-electron chi connectivity index (χ1n) is 5.57. The molecule has 2 rings (SSSR count). The third-order valence-electron chi connectivity index (χ3n) is 3.08. The van der Waals surface area contributed by atoms with Crippen LogP contribution in [0.25, 0.3) is 0 Å². The predicted octanol–water partition coefficient (Wildman–Crippen LogP) is 2.50. The van der Waals surface area contributed by atoms with Crippen molar-refractivity contribution in [2.24, 2.45) is 5.92 Å². The van der Waals surface area contributed by atoms with E-state index in [1.165, 1.54) is 19.3 Å². The van der Waals surface area contributed by atoms with Gasteiger partial charge in [-0.05, 0) is 32.1 Å².